The van der Waals surface area contributed by atoms with E-state index in [-0.39, 0.29) is 6.23 Å². The molecule has 0 radical (unpaired) electrons. The summed E-state index contributed by atoms with van der Waals surface area (Å²) in [6, 6.07) is 0. The van der Waals surface area contributed by atoms with Crippen molar-refractivity contribution < 1.29 is 5.11 Å². The fourth-order valence-corrected chi connectivity index (χ4v) is 1.84. The summed E-state index contributed by atoms with van der Waals surface area (Å²) in [5.74, 6) is 0.901. The van der Waals surface area contributed by atoms with Crippen LogP contribution in [0.1, 0.15) is 38.5 Å². The maximum atomic E-state index is 9.21. The van der Waals surface area contributed by atoms with Crippen LogP contribution < -0.4 is 5.32 Å². The van der Waals surface area contributed by atoms with E-state index in [2.05, 4.69) is 5.32 Å². The van der Waals surface area contributed by atoms with Crippen LogP contribution in [-0.2, 0) is 0 Å². The molecule has 1 unspecified atom stereocenters. The molecule has 0 amide bonds. The van der Waals surface area contributed by atoms with Crippen LogP contribution in [0.5, 0.6) is 0 Å². The molecule has 0 aromatic carbocycles. The van der Waals surface area contributed by atoms with Gasteiger partial charge in [0, 0.05) is 0 Å². The maximum absolute atomic E-state index is 9.21. The highest BCUT2D eigenvalue weighted by Gasteiger charge is 2.15. The van der Waals surface area contributed by atoms with Crippen molar-refractivity contribution in [2.24, 2.45) is 5.92 Å². The summed E-state index contributed by atoms with van der Waals surface area (Å²) in [4.78, 5) is 0. The van der Waals surface area contributed by atoms with Gasteiger partial charge in [-0.15, -0.1) is 0 Å². The Labute approximate surface area is 69.0 Å². The Hall–Kier alpha value is -0.0800. The third-order valence-electron chi connectivity index (χ3n) is 2.66. The van der Waals surface area contributed by atoms with Gasteiger partial charge in [0.25, 0.3) is 0 Å². The molecule has 0 heterocycles. The number of nitrogens with one attached hydrogen (secondary N) is 1. The van der Waals surface area contributed by atoms with Crippen molar-refractivity contribution in [1.82, 2.24) is 5.32 Å². The van der Waals surface area contributed by atoms with Crippen molar-refractivity contribution in [3.8, 4) is 0 Å². The largest absolute Gasteiger partial charge is 0.379 e. The number of aliphatic hydroxyl groups is 1. The van der Waals surface area contributed by atoms with E-state index in [1.807, 2.05) is 0 Å². The third-order valence-corrected chi connectivity index (χ3v) is 2.66. The molecule has 2 heteroatoms. The molecule has 0 spiro atoms. The number of hydrogen-bond donors (Lipinski definition) is 2. The van der Waals surface area contributed by atoms with Gasteiger partial charge in [0.1, 0.15) is 6.23 Å². The first kappa shape index (κ1) is 9.01. The van der Waals surface area contributed by atoms with Crippen LogP contribution in [0.3, 0.4) is 0 Å². The standard InChI is InChI=1S/C9H19NO/c1-10-9(11)7-6-8-4-2-3-5-8/h8-11H,2-7H2,1H3. The molecule has 11 heavy (non-hydrogen) atoms. The van der Waals surface area contributed by atoms with Gasteiger partial charge in [-0.25, -0.2) is 0 Å². The van der Waals surface area contributed by atoms with Crippen molar-refractivity contribution >= 4 is 0 Å². The number of rotatable bonds is 4. The third kappa shape index (κ3) is 3.21. The summed E-state index contributed by atoms with van der Waals surface area (Å²) in [7, 11) is 1.80. The van der Waals surface area contributed by atoms with Crippen molar-refractivity contribution in [2.75, 3.05) is 7.05 Å². The van der Waals surface area contributed by atoms with Crippen molar-refractivity contribution in [3.05, 3.63) is 0 Å². The first-order valence-corrected chi connectivity index (χ1v) is 4.68. The van der Waals surface area contributed by atoms with Crippen molar-refractivity contribution in [1.29, 1.82) is 0 Å². The van der Waals surface area contributed by atoms with E-state index < -0.39 is 0 Å². The topological polar surface area (TPSA) is 32.3 Å². The molecule has 0 saturated heterocycles. The fraction of sp³-hybridized carbons (Fsp3) is 1.00. The lowest BCUT2D eigenvalue weighted by Gasteiger charge is -2.12. The minimum absolute atomic E-state index is 0.282. The normalized spacial score (nSPS) is 22.4. The van der Waals surface area contributed by atoms with Gasteiger partial charge in [0.05, 0.1) is 0 Å². The maximum Gasteiger partial charge on any atom is 0.104 e. The Kier molecular flexibility index (Phi) is 3.87. The molecule has 1 fully saturated rings. The molecule has 0 aromatic rings. The molecule has 1 atom stereocenters. The smallest absolute Gasteiger partial charge is 0.104 e. The molecular weight excluding hydrogens is 138 g/mol. The second-order valence-electron chi connectivity index (χ2n) is 3.53. The van der Waals surface area contributed by atoms with Gasteiger partial charge < -0.3 is 5.11 Å². The van der Waals surface area contributed by atoms with Crippen LogP contribution in [-0.4, -0.2) is 18.4 Å². The fourth-order valence-electron chi connectivity index (χ4n) is 1.84. The second kappa shape index (κ2) is 4.73. The zero-order chi connectivity index (χ0) is 8.10. The Morgan fingerprint density at radius 1 is 1.45 bits per heavy atom. The predicted octanol–water partition coefficient (Wildman–Crippen LogP) is 1.49. The molecule has 1 saturated carbocycles. The summed E-state index contributed by atoms with van der Waals surface area (Å²) < 4.78 is 0. The van der Waals surface area contributed by atoms with Gasteiger partial charge in [-0.3, -0.25) is 5.32 Å². The van der Waals surface area contributed by atoms with Crippen LogP contribution in [0.2, 0.25) is 0 Å². The van der Waals surface area contributed by atoms with Crippen molar-refractivity contribution in [2.45, 2.75) is 44.8 Å². The monoisotopic (exact) mass is 157 g/mol. The summed E-state index contributed by atoms with van der Waals surface area (Å²) in [5, 5.41) is 12.1. The van der Waals surface area contributed by atoms with E-state index in [1.54, 1.807) is 7.05 Å². The molecule has 0 bridgehead atoms. The molecule has 66 valence electrons. The lowest BCUT2D eigenvalue weighted by atomic mass is 10.0. The molecule has 2 N–H and O–H groups in total. The van der Waals surface area contributed by atoms with Gasteiger partial charge in [-0.05, 0) is 25.8 Å². The number of aliphatic hydroxyl groups excluding tert-OH is 1. The van der Waals surface area contributed by atoms with Crippen molar-refractivity contribution in [3.63, 3.8) is 0 Å². The lowest BCUT2D eigenvalue weighted by Crippen LogP contribution is -2.24. The van der Waals surface area contributed by atoms with Crippen LogP contribution in [0.25, 0.3) is 0 Å². The molecule has 1 aliphatic rings. The van der Waals surface area contributed by atoms with Crippen LogP contribution in [0, 0.1) is 5.92 Å². The first-order chi connectivity index (χ1) is 5.33. The van der Waals surface area contributed by atoms with E-state index >= 15 is 0 Å². The zero-order valence-electron chi connectivity index (χ0n) is 7.34. The van der Waals surface area contributed by atoms with E-state index in [4.69, 9.17) is 0 Å². The first-order valence-electron chi connectivity index (χ1n) is 4.68. The zero-order valence-corrected chi connectivity index (χ0v) is 7.34. The van der Waals surface area contributed by atoms with Gasteiger partial charge >= 0.3 is 0 Å². The molecular formula is C9H19NO. The minimum atomic E-state index is -0.282. The molecule has 2 nitrogen and oxygen atoms in total. The second-order valence-corrected chi connectivity index (χ2v) is 3.53. The Morgan fingerprint density at radius 3 is 2.64 bits per heavy atom. The quantitative estimate of drug-likeness (QED) is 0.606. The Morgan fingerprint density at radius 2 is 2.09 bits per heavy atom. The molecule has 0 aromatic heterocycles. The van der Waals surface area contributed by atoms with Gasteiger partial charge in [0.2, 0.25) is 0 Å². The molecule has 1 rings (SSSR count). The van der Waals surface area contributed by atoms with Crippen LogP contribution in [0.15, 0.2) is 0 Å². The lowest BCUT2D eigenvalue weighted by molar-refractivity contribution is 0.128. The summed E-state index contributed by atoms with van der Waals surface area (Å²) >= 11 is 0. The number of hydrogen-bond acceptors (Lipinski definition) is 2. The summed E-state index contributed by atoms with van der Waals surface area (Å²) in [5.41, 5.74) is 0. The van der Waals surface area contributed by atoms with E-state index in [0.29, 0.717) is 0 Å². The average Bonchev–Trinajstić information content (AvgIpc) is 2.52. The summed E-state index contributed by atoms with van der Waals surface area (Å²) in [6.45, 7) is 0. The van der Waals surface area contributed by atoms with Gasteiger partial charge in [0.15, 0.2) is 0 Å². The highest BCUT2D eigenvalue weighted by Crippen LogP contribution is 2.28. The summed E-state index contributed by atoms with van der Waals surface area (Å²) in [6.07, 6.45) is 7.41. The van der Waals surface area contributed by atoms with Crippen LogP contribution >= 0.6 is 0 Å². The SMILES string of the molecule is CNC(O)CCC1CCCC1. The Bertz CT molecular complexity index is 99.7. The van der Waals surface area contributed by atoms with E-state index in [0.717, 1.165) is 12.3 Å². The predicted molar refractivity (Wildman–Crippen MR) is 46.3 cm³/mol. The van der Waals surface area contributed by atoms with Gasteiger partial charge in [-0.1, -0.05) is 25.7 Å². The highest BCUT2D eigenvalue weighted by atomic mass is 16.3. The average molecular weight is 157 g/mol. The van der Waals surface area contributed by atoms with E-state index in [9.17, 15) is 5.11 Å². The Balaban J connectivity index is 2.01. The highest BCUT2D eigenvalue weighted by molar-refractivity contribution is 4.68. The van der Waals surface area contributed by atoms with E-state index in [1.165, 1.54) is 32.1 Å². The van der Waals surface area contributed by atoms with Crippen LogP contribution in [0.4, 0.5) is 0 Å². The minimum Gasteiger partial charge on any atom is -0.379 e. The van der Waals surface area contributed by atoms with Gasteiger partial charge in [-0.2, -0.15) is 0 Å². The molecule has 0 aliphatic heterocycles. The molecule has 1 aliphatic carbocycles.